The van der Waals surface area contributed by atoms with Crippen LogP contribution >= 0.6 is 0 Å². The van der Waals surface area contributed by atoms with Gasteiger partial charge in [0.05, 0.1) is 25.9 Å². The van der Waals surface area contributed by atoms with Gasteiger partial charge < -0.3 is 19.3 Å². The standard InChI is InChI=1S/C20H27NO4/c1-23-14-7-6-13-8-10-21-9-4-5-15-16(20(13,21)12-14)11-17(24-2)18(22)19(15)25-3/h6,11,14,22H,4-5,7-10,12H2,1-3H3. The van der Waals surface area contributed by atoms with Gasteiger partial charge in [-0.3, -0.25) is 4.90 Å². The molecule has 5 nitrogen and oxygen atoms in total. The van der Waals surface area contributed by atoms with Crippen molar-refractivity contribution < 1.29 is 19.3 Å². The van der Waals surface area contributed by atoms with E-state index in [0.29, 0.717) is 11.5 Å². The Bertz CT molecular complexity index is 714. The average molecular weight is 345 g/mol. The lowest BCUT2D eigenvalue weighted by Crippen LogP contribution is -2.46. The number of ether oxygens (including phenoxy) is 3. The summed E-state index contributed by atoms with van der Waals surface area (Å²) in [7, 11) is 5.02. The van der Waals surface area contributed by atoms with Crippen LogP contribution in [-0.4, -0.2) is 50.5 Å². The topological polar surface area (TPSA) is 51.2 Å². The molecule has 1 aliphatic carbocycles. The SMILES string of the molecule is COc1cc2c(c(OC)c1O)CCCN1CCC3=CCC(OC)CC321. The van der Waals surface area contributed by atoms with E-state index in [1.54, 1.807) is 21.3 Å². The van der Waals surface area contributed by atoms with E-state index in [2.05, 4.69) is 11.0 Å². The molecule has 25 heavy (non-hydrogen) atoms. The Labute approximate surface area is 149 Å². The first-order valence-electron chi connectivity index (χ1n) is 9.10. The van der Waals surface area contributed by atoms with Crippen molar-refractivity contribution in [3.05, 3.63) is 28.8 Å². The van der Waals surface area contributed by atoms with Gasteiger partial charge in [0.15, 0.2) is 11.5 Å². The number of methoxy groups -OCH3 is 3. The van der Waals surface area contributed by atoms with E-state index in [-0.39, 0.29) is 17.4 Å². The number of phenols is 1. The highest BCUT2D eigenvalue weighted by Crippen LogP contribution is 2.56. The van der Waals surface area contributed by atoms with Gasteiger partial charge >= 0.3 is 0 Å². The van der Waals surface area contributed by atoms with E-state index in [0.717, 1.165) is 50.8 Å². The number of benzene rings is 1. The lowest BCUT2D eigenvalue weighted by atomic mass is 9.73. The molecule has 5 heteroatoms. The Balaban J connectivity index is 1.99. The number of hydrogen-bond acceptors (Lipinski definition) is 5. The summed E-state index contributed by atoms with van der Waals surface area (Å²) in [5.74, 6) is 1.16. The lowest BCUT2D eigenvalue weighted by molar-refractivity contribution is 0.0346. The summed E-state index contributed by atoms with van der Waals surface area (Å²) in [6, 6.07) is 2.03. The number of nitrogens with zero attached hydrogens (tertiary/aromatic N) is 1. The van der Waals surface area contributed by atoms with Gasteiger partial charge in [0, 0.05) is 25.6 Å². The summed E-state index contributed by atoms with van der Waals surface area (Å²) in [6.45, 7) is 2.13. The zero-order valence-electron chi connectivity index (χ0n) is 15.3. The molecular weight excluding hydrogens is 318 g/mol. The van der Waals surface area contributed by atoms with Crippen molar-refractivity contribution >= 4 is 0 Å². The van der Waals surface area contributed by atoms with Crippen LogP contribution in [0.1, 0.15) is 36.8 Å². The second-order valence-corrected chi connectivity index (χ2v) is 7.21. The van der Waals surface area contributed by atoms with Crippen molar-refractivity contribution in [2.45, 2.75) is 43.7 Å². The van der Waals surface area contributed by atoms with Gasteiger partial charge in [-0.15, -0.1) is 0 Å². The van der Waals surface area contributed by atoms with Crippen LogP contribution < -0.4 is 9.47 Å². The molecule has 3 aliphatic rings. The number of fused-ring (bicyclic) bond motifs is 1. The van der Waals surface area contributed by atoms with Crippen molar-refractivity contribution in [1.29, 1.82) is 0 Å². The summed E-state index contributed by atoms with van der Waals surface area (Å²) < 4.78 is 16.8. The molecule has 0 saturated carbocycles. The quantitative estimate of drug-likeness (QED) is 0.854. The normalized spacial score (nSPS) is 28.4. The molecule has 1 fully saturated rings. The molecule has 2 aliphatic heterocycles. The molecule has 2 atom stereocenters. The van der Waals surface area contributed by atoms with Crippen LogP contribution in [0.3, 0.4) is 0 Å². The van der Waals surface area contributed by atoms with Gasteiger partial charge in [-0.1, -0.05) is 6.08 Å². The molecule has 136 valence electrons. The molecule has 0 amide bonds. The largest absolute Gasteiger partial charge is 0.502 e. The molecule has 1 aromatic rings. The summed E-state index contributed by atoms with van der Waals surface area (Å²) in [5.41, 5.74) is 3.67. The maximum atomic E-state index is 10.6. The third-order valence-electron chi connectivity index (χ3n) is 6.25. The molecule has 1 saturated heterocycles. The van der Waals surface area contributed by atoms with Gasteiger partial charge in [0.1, 0.15) is 0 Å². The van der Waals surface area contributed by atoms with Crippen LogP contribution in [0.25, 0.3) is 0 Å². The molecule has 2 unspecified atom stereocenters. The van der Waals surface area contributed by atoms with Crippen LogP contribution in [0, 0.1) is 0 Å². The highest BCUT2D eigenvalue weighted by molar-refractivity contribution is 5.62. The fourth-order valence-corrected chi connectivity index (χ4v) is 5.11. The Hall–Kier alpha value is -1.72. The second-order valence-electron chi connectivity index (χ2n) is 7.21. The third kappa shape index (κ3) is 2.29. The van der Waals surface area contributed by atoms with Crippen LogP contribution in [-0.2, 0) is 16.7 Å². The summed E-state index contributed by atoms with van der Waals surface area (Å²) >= 11 is 0. The number of hydrogen-bond donors (Lipinski definition) is 1. The molecule has 2 heterocycles. The maximum absolute atomic E-state index is 10.6. The Morgan fingerprint density at radius 3 is 2.72 bits per heavy atom. The summed E-state index contributed by atoms with van der Waals surface area (Å²) in [4.78, 5) is 2.60. The minimum atomic E-state index is -0.154. The van der Waals surface area contributed by atoms with Gasteiger partial charge in [-0.2, -0.15) is 0 Å². The van der Waals surface area contributed by atoms with Crippen molar-refractivity contribution in [3.63, 3.8) is 0 Å². The van der Waals surface area contributed by atoms with E-state index in [1.165, 1.54) is 11.1 Å². The predicted molar refractivity (Wildman–Crippen MR) is 95.5 cm³/mol. The van der Waals surface area contributed by atoms with Crippen LogP contribution in [0.2, 0.25) is 0 Å². The molecule has 1 N–H and O–H groups in total. The van der Waals surface area contributed by atoms with Gasteiger partial charge in [-0.25, -0.2) is 0 Å². The van der Waals surface area contributed by atoms with Crippen molar-refractivity contribution in [3.8, 4) is 17.2 Å². The Kier molecular flexibility index (Phi) is 4.16. The smallest absolute Gasteiger partial charge is 0.201 e. The molecule has 1 spiro atoms. The molecule has 0 radical (unpaired) electrons. The van der Waals surface area contributed by atoms with Gasteiger partial charge in [0.2, 0.25) is 5.75 Å². The fraction of sp³-hybridized carbons (Fsp3) is 0.600. The van der Waals surface area contributed by atoms with E-state index in [1.807, 2.05) is 6.07 Å². The zero-order valence-corrected chi connectivity index (χ0v) is 15.3. The summed E-state index contributed by atoms with van der Waals surface area (Å²) in [5, 5.41) is 10.6. The molecular formula is C20H27NO4. The Morgan fingerprint density at radius 2 is 2.00 bits per heavy atom. The average Bonchev–Trinajstić information content (AvgIpc) is 2.93. The third-order valence-corrected chi connectivity index (χ3v) is 6.25. The van der Waals surface area contributed by atoms with Gasteiger partial charge in [-0.05, 0) is 49.4 Å². The van der Waals surface area contributed by atoms with E-state index in [4.69, 9.17) is 14.2 Å². The van der Waals surface area contributed by atoms with Crippen molar-refractivity contribution in [2.75, 3.05) is 34.4 Å². The monoisotopic (exact) mass is 345 g/mol. The maximum Gasteiger partial charge on any atom is 0.201 e. The minimum Gasteiger partial charge on any atom is -0.502 e. The highest BCUT2D eigenvalue weighted by Gasteiger charge is 2.51. The van der Waals surface area contributed by atoms with Crippen LogP contribution in [0.15, 0.2) is 17.7 Å². The van der Waals surface area contributed by atoms with Crippen molar-refractivity contribution in [2.24, 2.45) is 0 Å². The van der Waals surface area contributed by atoms with E-state index < -0.39 is 0 Å². The summed E-state index contributed by atoms with van der Waals surface area (Å²) in [6.07, 6.45) is 7.56. The molecule has 0 bridgehead atoms. The number of rotatable bonds is 3. The Morgan fingerprint density at radius 1 is 1.16 bits per heavy atom. The van der Waals surface area contributed by atoms with Crippen LogP contribution in [0.4, 0.5) is 0 Å². The number of phenolic OH excluding ortho intramolecular Hbond substituents is 1. The number of aromatic hydroxyl groups is 1. The lowest BCUT2D eigenvalue weighted by Gasteiger charge is -2.44. The fourth-order valence-electron chi connectivity index (χ4n) is 5.11. The molecule has 4 rings (SSSR count). The zero-order chi connectivity index (χ0) is 17.6. The molecule has 1 aromatic carbocycles. The van der Waals surface area contributed by atoms with Crippen LogP contribution in [0.5, 0.6) is 17.2 Å². The first kappa shape index (κ1) is 16.7. The highest BCUT2D eigenvalue weighted by atomic mass is 16.5. The minimum absolute atomic E-state index is 0.108. The first-order valence-corrected chi connectivity index (χ1v) is 9.10. The second kappa shape index (κ2) is 6.22. The predicted octanol–water partition coefficient (Wildman–Crippen LogP) is 2.99. The van der Waals surface area contributed by atoms with Gasteiger partial charge in [0.25, 0.3) is 0 Å². The first-order chi connectivity index (χ1) is 12.2. The van der Waals surface area contributed by atoms with E-state index >= 15 is 0 Å². The van der Waals surface area contributed by atoms with E-state index in [9.17, 15) is 5.11 Å². The molecule has 0 aromatic heterocycles. The van der Waals surface area contributed by atoms with Crippen molar-refractivity contribution in [1.82, 2.24) is 4.90 Å².